The van der Waals surface area contributed by atoms with Crippen LogP contribution in [0.1, 0.15) is 13.8 Å². The molecule has 1 aromatic carbocycles. The first-order valence-corrected chi connectivity index (χ1v) is 5.00. The van der Waals surface area contributed by atoms with Gasteiger partial charge in [0.1, 0.15) is 0 Å². The summed E-state index contributed by atoms with van der Waals surface area (Å²) in [6.45, 7) is 3.74. The Morgan fingerprint density at radius 2 is 2.13 bits per heavy atom. The van der Waals surface area contributed by atoms with E-state index in [1.807, 2.05) is 13.8 Å². The molecule has 5 heteroatoms. The van der Waals surface area contributed by atoms with Gasteiger partial charge in [0.25, 0.3) is 0 Å². The van der Waals surface area contributed by atoms with Crippen molar-refractivity contribution in [3.05, 3.63) is 23.2 Å². The number of hydrogen-bond acceptors (Lipinski definition) is 2. The van der Waals surface area contributed by atoms with Gasteiger partial charge >= 0.3 is 6.03 Å². The van der Waals surface area contributed by atoms with Gasteiger partial charge in [0, 0.05) is 6.04 Å². The molecule has 4 nitrogen and oxygen atoms in total. The van der Waals surface area contributed by atoms with Gasteiger partial charge in [-0.05, 0) is 26.0 Å². The van der Waals surface area contributed by atoms with Gasteiger partial charge in [-0.2, -0.15) is 0 Å². The molecule has 0 saturated carbocycles. The quantitative estimate of drug-likeness (QED) is 0.680. The molecular formula is C10H14ClN3O. The first kappa shape index (κ1) is 11.7. The highest BCUT2D eigenvalue weighted by Gasteiger charge is 2.08. The summed E-state index contributed by atoms with van der Waals surface area (Å²) in [6, 6.07) is 4.82. The summed E-state index contributed by atoms with van der Waals surface area (Å²) in [4.78, 5) is 11.4. The van der Waals surface area contributed by atoms with E-state index in [0.717, 1.165) is 0 Å². The molecule has 0 aliphatic heterocycles. The van der Waals surface area contributed by atoms with E-state index in [9.17, 15) is 4.79 Å². The van der Waals surface area contributed by atoms with E-state index in [2.05, 4.69) is 10.6 Å². The average Bonchev–Trinajstić information content (AvgIpc) is 2.10. The maximum Gasteiger partial charge on any atom is 0.319 e. The molecule has 0 radical (unpaired) electrons. The summed E-state index contributed by atoms with van der Waals surface area (Å²) in [5, 5.41) is 5.71. The lowest BCUT2D eigenvalue weighted by atomic mass is 10.2. The van der Waals surface area contributed by atoms with E-state index >= 15 is 0 Å². The van der Waals surface area contributed by atoms with Gasteiger partial charge in [0.15, 0.2) is 0 Å². The zero-order chi connectivity index (χ0) is 11.4. The Balaban J connectivity index is 2.76. The summed E-state index contributed by atoms with van der Waals surface area (Å²) in [7, 11) is 0. The lowest BCUT2D eigenvalue weighted by molar-refractivity contribution is 0.250. The summed E-state index contributed by atoms with van der Waals surface area (Å²) in [6.07, 6.45) is 0. The molecule has 1 aromatic rings. The van der Waals surface area contributed by atoms with Crippen molar-refractivity contribution in [3.63, 3.8) is 0 Å². The molecule has 0 aliphatic carbocycles. The van der Waals surface area contributed by atoms with E-state index in [1.165, 1.54) is 0 Å². The Labute approximate surface area is 93.8 Å². The van der Waals surface area contributed by atoms with Gasteiger partial charge in [0.05, 0.1) is 16.4 Å². The third kappa shape index (κ3) is 3.32. The summed E-state index contributed by atoms with van der Waals surface area (Å²) < 4.78 is 0. The van der Waals surface area contributed by atoms with Crippen molar-refractivity contribution in [2.45, 2.75) is 19.9 Å². The molecule has 0 aromatic heterocycles. The van der Waals surface area contributed by atoms with Gasteiger partial charge in [-0.25, -0.2) is 4.79 Å². The first-order valence-electron chi connectivity index (χ1n) is 4.62. The standard InChI is InChI=1S/C10H14ClN3O/c1-6(2)13-10(15)14-9-7(11)4-3-5-8(9)12/h3-6H,12H2,1-2H3,(H2,13,14,15). The fourth-order valence-electron chi connectivity index (χ4n) is 1.08. The van der Waals surface area contributed by atoms with Crippen LogP contribution in [-0.2, 0) is 0 Å². The van der Waals surface area contributed by atoms with Gasteiger partial charge in [-0.3, -0.25) is 0 Å². The molecule has 0 atom stereocenters. The number of nitrogens with two attached hydrogens (primary N) is 1. The second kappa shape index (κ2) is 4.89. The van der Waals surface area contributed by atoms with E-state index in [4.69, 9.17) is 17.3 Å². The summed E-state index contributed by atoms with van der Waals surface area (Å²) in [5.74, 6) is 0. The number of benzene rings is 1. The summed E-state index contributed by atoms with van der Waals surface area (Å²) >= 11 is 5.89. The number of carbonyl (C=O) groups is 1. The van der Waals surface area contributed by atoms with Crippen molar-refractivity contribution in [3.8, 4) is 0 Å². The van der Waals surface area contributed by atoms with Crippen molar-refractivity contribution in [2.75, 3.05) is 11.1 Å². The second-order valence-electron chi connectivity index (χ2n) is 3.46. The highest BCUT2D eigenvalue weighted by Crippen LogP contribution is 2.27. The topological polar surface area (TPSA) is 67.2 Å². The predicted molar refractivity (Wildman–Crippen MR) is 63.2 cm³/mol. The Morgan fingerprint density at radius 1 is 1.47 bits per heavy atom. The number of para-hydroxylation sites is 1. The maximum atomic E-state index is 11.4. The largest absolute Gasteiger partial charge is 0.397 e. The van der Waals surface area contributed by atoms with E-state index in [0.29, 0.717) is 16.4 Å². The zero-order valence-corrected chi connectivity index (χ0v) is 9.43. The number of nitrogen functional groups attached to an aromatic ring is 1. The van der Waals surface area contributed by atoms with Crippen LogP contribution in [0.25, 0.3) is 0 Å². The van der Waals surface area contributed by atoms with Crippen LogP contribution in [0.4, 0.5) is 16.2 Å². The minimum absolute atomic E-state index is 0.0636. The molecule has 2 amide bonds. The molecule has 0 aliphatic rings. The Morgan fingerprint density at radius 3 is 2.67 bits per heavy atom. The van der Waals surface area contributed by atoms with E-state index in [1.54, 1.807) is 18.2 Å². The van der Waals surface area contributed by atoms with Crippen LogP contribution >= 0.6 is 11.6 Å². The Bertz CT molecular complexity index is 345. The fraction of sp³-hybridized carbons (Fsp3) is 0.300. The highest BCUT2D eigenvalue weighted by molar-refractivity contribution is 6.34. The number of amides is 2. The van der Waals surface area contributed by atoms with Gasteiger partial charge in [-0.15, -0.1) is 0 Å². The minimum atomic E-state index is -0.315. The lowest BCUT2D eigenvalue weighted by Crippen LogP contribution is -2.34. The molecule has 15 heavy (non-hydrogen) atoms. The highest BCUT2D eigenvalue weighted by atomic mass is 35.5. The van der Waals surface area contributed by atoms with Crippen molar-refractivity contribution in [2.24, 2.45) is 0 Å². The number of carbonyl (C=O) groups excluding carboxylic acids is 1. The third-order valence-electron chi connectivity index (χ3n) is 1.70. The number of rotatable bonds is 2. The van der Waals surface area contributed by atoms with E-state index in [-0.39, 0.29) is 12.1 Å². The fourth-order valence-corrected chi connectivity index (χ4v) is 1.31. The molecular weight excluding hydrogens is 214 g/mol. The number of halogens is 1. The van der Waals surface area contributed by atoms with Crippen molar-refractivity contribution in [1.82, 2.24) is 5.32 Å². The normalized spacial score (nSPS) is 10.1. The number of nitrogens with one attached hydrogen (secondary N) is 2. The van der Waals surface area contributed by atoms with Gasteiger partial charge in [-0.1, -0.05) is 17.7 Å². The van der Waals surface area contributed by atoms with Crippen LogP contribution in [0.3, 0.4) is 0 Å². The number of hydrogen-bond donors (Lipinski definition) is 3. The minimum Gasteiger partial charge on any atom is -0.397 e. The molecule has 4 N–H and O–H groups in total. The second-order valence-corrected chi connectivity index (χ2v) is 3.86. The van der Waals surface area contributed by atoms with Gasteiger partial charge in [0.2, 0.25) is 0 Å². The maximum absolute atomic E-state index is 11.4. The van der Waals surface area contributed by atoms with Crippen LogP contribution in [-0.4, -0.2) is 12.1 Å². The predicted octanol–water partition coefficient (Wildman–Crippen LogP) is 2.45. The molecule has 0 saturated heterocycles. The van der Waals surface area contributed by atoms with Crippen molar-refractivity contribution in [1.29, 1.82) is 0 Å². The van der Waals surface area contributed by atoms with Crippen LogP contribution < -0.4 is 16.4 Å². The molecule has 0 heterocycles. The van der Waals surface area contributed by atoms with Crippen molar-refractivity contribution >= 4 is 29.0 Å². The monoisotopic (exact) mass is 227 g/mol. The smallest absolute Gasteiger partial charge is 0.319 e. The Kier molecular flexibility index (Phi) is 3.80. The molecule has 1 rings (SSSR count). The van der Waals surface area contributed by atoms with Crippen LogP contribution in [0.5, 0.6) is 0 Å². The number of urea groups is 1. The average molecular weight is 228 g/mol. The van der Waals surface area contributed by atoms with Gasteiger partial charge < -0.3 is 16.4 Å². The molecule has 0 spiro atoms. The van der Waals surface area contributed by atoms with E-state index < -0.39 is 0 Å². The summed E-state index contributed by atoms with van der Waals surface area (Å²) in [5.41, 5.74) is 6.56. The first-order chi connectivity index (χ1) is 7.00. The van der Waals surface area contributed by atoms with Crippen molar-refractivity contribution < 1.29 is 4.79 Å². The zero-order valence-electron chi connectivity index (χ0n) is 8.67. The molecule has 0 bridgehead atoms. The molecule has 0 unspecified atom stereocenters. The van der Waals surface area contributed by atoms with Crippen LogP contribution in [0, 0.1) is 0 Å². The molecule has 0 fully saturated rings. The molecule has 82 valence electrons. The Hall–Kier alpha value is -1.42. The number of anilines is 2. The third-order valence-corrected chi connectivity index (χ3v) is 2.02. The van der Waals surface area contributed by atoms with Crippen LogP contribution in [0.2, 0.25) is 5.02 Å². The SMILES string of the molecule is CC(C)NC(=O)Nc1c(N)cccc1Cl. The van der Waals surface area contributed by atoms with Crippen LogP contribution in [0.15, 0.2) is 18.2 Å². The lowest BCUT2D eigenvalue weighted by Gasteiger charge is -2.12.